The summed E-state index contributed by atoms with van der Waals surface area (Å²) >= 11 is 1.68. The second-order valence-corrected chi connectivity index (χ2v) is 3.89. The Morgan fingerprint density at radius 2 is 2.00 bits per heavy atom. The summed E-state index contributed by atoms with van der Waals surface area (Å²) in [5, 5.41) is 0.867. The van der Waals surface area contributed by atoms with E-state index in [1.165, 1.54) is 14.2 Å². The first-order valence-corrected chi connectivity index (χ1v) is 5.02. The molecule has 15 heavy (non-hydrogen) atoms. The molecule has 3 nitrogen and oxygen atoms in total. The Labute approximate surface area is 99.1 Å². The maximum atomic E-state index is 13.2. The molecule has 0 aliphatic carbocycles. The Hall–Kier alpha value is -0.760. The lowest BCUT2D eigenvalue weighted by atomic mass is 10.2. The molecule has 0 saturated heterocycles. The summed E-state index contributed by atoms with van der Waals surface area (Å²) in [6.45, 7) is 0. The molecular formula is C9H8F2INO2. The number of amides is 1. The number of hydrogen-bond acceptors (Lipinski definition) is 2. The van der Waals surface area contributed by atoms with E-state index in [1.807, 2.05) is 0 Å². The van der Waals surface area contributed by atoms with Gasteiger partial charge in [-0.3, -0.25) is 9.63 Å². The summed E-state index contributed by atoms with van der Waals surface area (Å²) in [5.41, 5.74) is -0.217. The molecule has 0 aliphatic rings. The van der Waals surface area contributed by atoms with Gasteiger partial charge in [-0.1, -0.05) is 0 Å². The standard InChI is InChI=1S/C9H8F2INO2/c1-13(15-2)9(14)5-3-8(12)7(11)4-6(5)10/h3-4H,1-2H3. The number of halogens is 3. The number of rotatable bonds is 2. The van der Waals surface area contributed by atoms with Crippen LogP contribution < -0.4 is 0 Å². The van der Waals surface area contributed by atoms with E-state index in [4.69, 9.17) is 0 Å². The molecule has 0 fully saturated rings. The molecular weight excluding hydrogens is 319 g/mol. The lowest BCUT2D eigenvalue weighted by Crippen LogP contribution is -2.26. The third kappa shape index (κ3) is 2.63. The minimum absolute atomic E-state index is 0.182. The van der Waals surface area contributed by atoms with Crippen LogP contribution in [0.4, 0.5) is 8.78 Å². The van der Waals surface area contributed by atoms with Crippen LogP contribution in [0.15, 0.2) is 12.1 Å². The van der Waals surface area contributed by atoms with E-state index in [1.54, 1.807) is 22.6 Å². The van der Waals surface area contributed by atoms with Gasteiger partial charge in [-0.2, -0.15) is 0 Å². The van der Waals surface area contributed by atoms with Gasteiger partial charge in [0.1, 0.15) is 11.6 Å². The highest BCUT2D eigenvalue weighted by Gasteiger charge is 2.18. The lowest BCUT2D eigenvalue weighted by molar-refractivity contribution is -0.0759. The van der Waals surface area contributed by atoms with Gasteiger partial charge in [0.25, 0.3) is 5.91 Å². The summed E-state index contributed by atoms with van der Waals surface area (Å²) in [5.74, 6) is -2.25. The van der Waals surface area contributed by atoms with Gasteiger partial charge in [0.15, 0.2) is 0 Å². The van der Waals surface area contributed by atoms with Gasteiger partial charge in [-0.05, 0) is 28.7 Å². The van der Waals surface area contributed by atoms with Crippen LogP contribution in [0, 0.1) is 15.2 Å². The first-order valence-electron chi connectivity index (χ1n) is 3.94. The molecule has 1 rings (SSSR count). The zero-order valence-electron chi connectivity index (χ0n) is 8.05. The fourth-order valence-electron chi connectivity index (χ4n) is 0.939. The number of nitrogens with zero attached hydrogens (tertiary/aromatic N) is 1. The SMILES string of the molecule is CON(C)C(=O)c1cc(I)c(F)cc1F. The first kappa shape index (κ1) is 12.3. The van der Waals surface area contributed by atoms with Crippen molar-refractivity contribution in [1.29, 1.82) is 0 Å². The van der Waals surface area contributed by atoms with Gasteiger partial charge < -0.3 is 0 Å². The van der Waals surface area contributed by atoms with Gasteiger partial charge >= 0.3 is 0 Å². The van der Waals surface area contributed by atoms with E-state index in [-0.39, 0.29) is 9.13 Å². The van der Waals surface area contributed by atoms with Crippen LogP contribution in [0.5, 0.6) is 0 Å². The van der Waals surface area contributed by atoms with Crippen LogP contribution in [0.3, 0.4) is 0 Å². The van der Waals surface area contributed by atoms with Gasteiger partial charge in [-0.25, -0.2) is 13.8 Å². The smallest absolute Gasteiger partial charge is 0.274 e. The summed E-state index contributed by atoms with van der Waals surface area (Å²) in [7, 11) is 2.63. The normalized spacial score (nSPS) is 10.2. The maximum Gasteiger partial charge on any atom is 0.280 e. The molecule has 0 unspecified atom stereocenters. The lowest BCUT2D eigenvalue weighted by Gasteiger charge is -2.14. The summed E-state index contributed by atoms with van der Waals surface area (Å²) < 4.78 is 26.3. The molecule has 0 saturated carbocycles. The van der Waals surface area contributed by atoms with Crippen LogP contribution in [-0.2, 0) is 4.84 Å². The minimum Gasteiger partial charge on any atom is -0.274 e. The zero-order chi connectivity index (χ0) is 11.6. The van der Waals surface area contributed by atoms with Crippen LogP contribution in [-0.4, -0.2) is 25.1 Å². The molecule has 0 bridgehead atoms. The van der Waals surface area contributed by atoms with Crippen molar-refractivity contribution >= 4 is 28.5 Å². The average Bonchev–Trinajstić information content (AvgIpc) is 2.21. The predicted molar refractivity (Wildman–Crippen MR) is 58.2 cm³/mol. The van der Waals surface area contributed by atoms with Crippen molar-refractivity contribution in [2.45, 2.75) is 0 Å². The molecule has 1 aromatic carbocycles. The molecule has 0 aliphatic heterocycles. The highest BCUT2D eigenvalue weighted by atomic mass is 127. The van der Waals surface area contributed by atoms with E-state index < -0.39 is 17.5 Å². The Morgan fingerprint density at radius 1 is 1.40 bits per heavy atom. The van der Waals surface area contributed by atoms with Gasteiger partial charge in [0.2, 0.25) is 0 Å². The van der Waals surface area contributed by atoms with Gasteiger partial charge in [0, 0.05) is 16.7 Å². The number of hydrogen-bond donors (Lipinski definition) is 0. The molecule has 1 aromatic rings. The topological polar surface area (TPSA) is 29.5 Å². The largest absolute Gasteiger partial charge is 0.280 e. The fraction of sp³-hybridized carbons (Fsp3) is 0.222. The summed E-state index contributed by atoms with van der Waals surface area (Å²) in [6.07, 6.45) is 0. The molecule has 0 radical (unpaired) electrons. The maximum absolute atomic E-state index is 13.2. The Morgan fingerprint density at radius 3 is 2.53 bits per heavy atom. The molecule has 0 aromatic heterocycles. The Bertz CT molecular complexity index is 398. The van der Waals surface area contributed by atoms with Crippen molar-refractivity contribution in [1.82, 2.24) is 5.06 Å². The highest BCUT2D eigenvalue weighted by molar-refractivity contribution is 14.1. The van der Waals surface area contributed by atoms with E-state index in [0.717, 1.165) is 11.1 Å². The van der Waals surface area contributed by atoms with E-state index in [9.17, 15) is 13.6 Å². The second kappa shape index (κ2) is 4.84. The Kier molecular flexibility index (Phi) is 3.97. The summed E-state index contributed by atoms with van der Waals surface area (Å²) in [4.78, 5) is 16.1. The van der Waals surface area contributed by atoms with Crippen LogP contribution in [0.1, 0.15) is 10.4 Å². The third-order valence-corrected chi connectivity index (χ3v) is 2.63. The molecule has 0 atom stereocenters. The minimum atomic E-state index is -0.901. The number of carbonyl (C=O) groups excluding carboxylic acids is 1. The predicted octanol–water partition coefficient (Wildman–Crippen LogP) is 2.20. The van der Waals surface area contributed by atoms with Crippen molar-refractivity contribution in [2.24, 2.45) is 0 Å². The third-order valence-electron chi connectivity index (χ3n) is 1.80. The number of benzene rings is 1. The molecule has 0 spiro atoms. The quantitative estimate of drug-likeness (QED) is 0.474. The van der Waals surface area contributed by atoms with Crippen molar-refractivity contribution in [3.05, 3.63) is 32.9 Å². The van der Waals surface area contributed by atoms with Crippen LogP contribution in [0.2, 0.25) is 0 Å². The van der Waals surface area contributed by atoms with E-state index in [2.05, 4.69) is 4.84 Å². The van der Waals surface area contributed by atoms with Crippen LogP contribution in [0.25, 0.3) is 0 Å². The van der Waals surface area contributed by atoms with Gasteiger partial charge in [-0.15, -0.1) is 0 Å². The molecule has 0 N–H and O–H groups in total. The number of carbonyl (C=O) groups is 1. The number of hydroxylamine groups is 2. The van der Waals surface area contributed by atoms with E-state index >= 15 is 0 Å². The monoisotopic (exact) mass is 327 g/mol. The second-order valence-electron chi connectivity index (χ2n) is 2.73. The van der Waals surface area contributed by atoms with Crippen molar-refractivity contribution in [3.8, 4) is 0 Å². The van der Waals surface area contributed by atoms with Crippen molar-refractivity contribution in [3.63, 3.8) is 0 Å². The van der Waals surface area contributed by atoms with Crippen LogP contribution >= 0.6 is 22.6 Å². The van der Waals surface area contributed by atoms with Crippen molar-refractivity contribution in [2.75, 3.05) is 14.2 Å². The Balaban J connectivity index is 3.15. The molecule has 82 valence electrons. The van der Waals surface area contributed by atoms with Gasteiger partial charge in [0.05, 0.1) is 12.7 Å². The molecule has 0 heterocycles. The molecule has 6 heteroatoms. The average molecular weight is 327 g/mol. The molecule has 1 amide bonds. The fourth-order valence-corrected chi connectivity index (χ4v) is 1.41. The first-order chi connectivity index (χ1) is 6.97. The van der Waals surface area contributed by atoms with E-state index in [0.29, 0.717) is 6.07 Å². The van der Waals surface area contributed by atoms with Crippen molar-refractivity contribution < 1.29 is 18.4 Å². The zero-order valence-corrected chi connectivity index (χ0v) is 10.2. The highest BCUT2D eigenvalue weighted by Crippen LogP contribution is 2.17. The summed E-state index contributed by atoms with van der Waals surface area (Å²) in [6, 6.07) is 1.82.